The zero-order valence-electron chi connectivity index (χ0n) is 12.7. The zero-order chi connectivity index (χ0) is 17.4. The van der Waals surface area contributed by atoms with Crippen molar-refractivity contribution in [1.29, 1.82) is 0 Å². The number of hydrogen-bond donors (Lipinski definition) is 2. The molecule has 8 heteroatoms. The minimum absolute atomic E-state index is 0.0481. The number of carbonyl (C=O) groups is 1. The van der Waals surface area contributed by atoms with E-state index in [1.54, 1.807) is 24.3 Å². The topological polar surface area (TPSA) is 84.4 Å². The standard InChI is InChI=1S/C16H12Cl2N2O4/c1-23-12-4-3-7(13(16(21)22)14(12)24-2)15-19-10-5-8(17)9(18)6-11(10)20-15/h3-6H,1-2H3,(H,19,20)(H,21,22). The van der Waals surface area contributed by atoms with Gasteiger partial charge in [-0.1, -0.05) is 23.2 Å². The van der Waals surface area contributed by atoms with Gasteiger partial charge in [0.1, 0.15) is 11.4 Å². The second-order valence-electron chi connectivity index (χ2n) is 4.90. The van der Waals surface area contributed by atoms with Crippen LogP contribution < -0.4 is 9.47 Å². The van der Waals surface area contributed by atoms with Crippen molar-refractivity contribution in [2.45, 2.75) is 0 Å². The number of nitrogens with one attached hydrogen (secondary N) is 1. The minimum Gasteiger partial charge on any atom is -0.493 e. The Balaban J connectivity index is 2.27. The lowest BCUT2D eigenvalue weighted by Crippen LogP contribution is -2.05. The quantitative estimate of drug-likeness (QED) is 0.720. The molecule has 2 aromatic carbocycles. The van der Waals surface area contributed by atoms with Gasteiger partial charge in [-0.15, -0.1) is 0 Å². The van der Waals surface area contributed by atoms with Crippen LogP contribution in [-0.4, -0.2) is 35.3 Å². The molecule has 0 aliphatic heterocycles. The Morgan fingerprint density at radius 1 is 1.17 bits per heavy atom. The summed E-state index contributed by atoms with van der Waals surface area (Å²) in [5.41, 5.74) is 1.53. The van der Waals surface area contributed by atoms with E-state index < -0.39 is 5.97 Å². The molecule has 3 aromatic rings. The van der Waals surface area contributed by atoms with E-state index in [9.17, 15) is 9.90 Å². The summed E-state index contributed by atoms with van der Waals surface area (Å²) < 4.78 is 10.4. The van der Waals surface area contributed by atoms with E-state index in [1.807, 2.05) is 0 Å². The minimum atomic E-state index is -1.16. The van der Waals surface area contributed by atoms with Crippen molar-refractivity contribution in [2.24, 2.45) is 0 Å². The first-order valence-electron chi connectivity index (χ1n) is 6.79. The maximum absolute atomic E-state index is 11.7. The monoisotopic (exact) mass is 366 g/mol. The highest BCUT2D eigenvalue weighted by molar-refractivity contribution is 6.42. The molecule has 6 nitrogen and oxygen atoms in total. The lowest BCUT2D eigenvalue weighted by atomic mass is 10.0. The predicted molar refractivity (Wildman–Crippen MR) is 91.6 cm³/mol. The first kappa shape index (κ1) is 16.4. The van der Waals surface area contributed by atoms with Gasteiger partial charge in [-0.2, -0.15) is 0 Å². The summed E-state index contributed by atoms with van der Waals surface area (Å²) in [5, 5.41) is 10.4. The molecule has 1 aromatic heterocycles. The Kier molecular flexibility index (Phi) is 4.26. The number of benzene rings is 2. The number of fused-ring (bicyclic) bond motifs is 1. The Labute approximate surface area is 146 Å². The average Bonchev–Trinajstić information content (AvgIpc) is 2.96. The summed E-state index contributed by atoms with van der Waals surface area (Å²) in [6, 6.07) is 6.47. The van der Waals surface area contributed by atoms with E-state index in [0.717, 1.165) is 0 Å². The van der Waals surface area contributed by atoms with Gasteiger partial charge in [0.2, 0.25) is 0 Å². The molecule has 0 radical (unpaired) electrons. The van der Waals surface area contributed by atoms with Gasteiger partial charge in [0.05, 0.1) is 35.3 Å². The second kappa shape index (κ2) is 6.22. The fraction of sp³-hybridized carbons (Fsp3) is 0.125. The molecule has 0 saturated carbocycles. The van der Waals surface area contributed by atoms with Crippen LogP contribution in [0.15, 0.2) is 24.3 Å². The molecule has 0 aliphatic rings. The summed E-state index contributed by atoms with van der Waals surface area (Å²) in [4.78, 5) is 19.2. The summed E-state index contributed by atoms with van der Waals surface area (Å²) in [6.07, 6.45) is 0. The molecule has 2 N–H and O–H groups in total. The van der Waals surface area contributed by atoms with Crippen LogP contribution in [0.2, 0.25) is 10.0 Å². The van der Waals surface area contributed by atoms with Crippen LogP contribution in [0.4, 0.5) is 0 Å². The number of H-pyrrole nitrogens is 1. The number of ether oxygens (including phenoxy) is 2. The van der Waals surface area contributed by atoms with Crippen molar-refractivity contribution < 1.29 is 19.4 Å². The van der Waals surface area contributed by atoms with Crippen molar-refractivity contribution in [3.05, 3.63) is 39.9 Å². The molecule has 0 amide bonds. The maximum atomic E-state index is 11.7. The summed E-state index contributed by atoms with van der Waals surface area (Å²) in [7, 11) is 2.82. The molecule has 1 heterocycles. The van der Waals surface area contributed by atoms with Crippen molar-refractivity contribution >= 4 is 40.2 Å². The van der Waals surface area contributed by atoms with Crippen LogP contribution >= 0.6 is 23.2 Å². The lowest BCUT2D eigenvalue weighted by Gasteiger charge is -2.13. The molecule has 0 spiro atoms. The van der Waals surface area contributed by atoms with Gasteiger partial charge >= 0.3 is 5.97 Å². The molecule has 0 bridgehead atoms. The smallest absolute Gasteiger partial charge is 0.340 e. The summed E-state index contributed by atoms with van der Waals surface area (Å²) in [5.74, 6) is -0.348. The van der Waals surface area contributed by atoms with E-state index in [2.05, 4.69) is 9.97 Å². The molecular formula is C16H12Cl2N2O4. The summed E-state index contributed by atoms with van der Waals surface area (Å²) >= 11 is 12.0. The highest BCUT2D eigenvalue weighted by atomic mass is 35.5. The normalized spacial score (nSPS) is 10.8. The van der Waals surface area contributed by atoms with E-state index in [0.29, 0.717) is 38.2 Å². The number of aromatic carboxylic acids is 1. The lowest BCUT2D eigenvalue weighted by molar-refractivity contribution is 0.0693. The van der Waals surface area contributed by atoms with Gasteiger partial charge in [-0.05, 0) is 24.3 Å². The zero-order valence-corrected chi connectivity index (χ0v) is 14.2. The van der Waals surface area contributed by atoms with Crippen LogP contribution in [0, 0.1) is 0 Å². The van der Waals surface area contributed by atoms with E-state index in [4.69, 9.17) is 32.7 Å². The number of nitrogens with zero attached hydrogens (tertiary/aromatic N) is 1. The van der Waals surface area contributed by atoms with Gasteiger partial charge in [0.25, 0.3) is 0 Å². The van der Waals surface area contributed by atoms with Crippen LogP contribution in [-0.2, 0) is 0 Å². The number of hydrogen-bond acceptors (Lipinski definition) is 4. The van der Waals surface area contributed by atoms with E-state index >= 15 is 0 Å². The Morgan fingerprint density at radius 3 is 2.50 bits per heavy atom. The Morgan fingerprint density at radius 2 is 1.88 bits per heavy atom. The van der Waals surface area contributed by atoms with Gasteiger partial charge < -0.3 is 19.6 Å². The first-order chi connectivity index (χ1) is 11.5. The molecular weight excluding hydrogens is 355 g/mol. The molecule has 0 fully saturated rings. The number of carboxylic acid groups (broad SMARTS) is 1. The third-order valence-electron chi connectivity index (χ3n) is 3.54. The van der Waals surface area contributed by atoms with Crippen LogP contribution in [0.5, 0.6) is 11.5 Å². The third-order valence-corrected chi connectivity index (χ3v) is 4.26. The molecule has 24 heavy (non-hydrogen) atoms. The largest absolute Gasteiger partial charge is 0.493 e. The molecule has 0 unspecified atom stereocenters. The molecule has 0 atom stereocenters. The number of aromatic amines is 1. The molecule has 3 rings (SSSR count). The fourth-order valence-electron chi connectivity index (χ4n) is 2.47. The summed E-state index contributed by atoms with van der Waals surface area (Å²) in [6.45, 7) is 0. The van der Waals surface area contributed by atoms with Gasteiger partial charge in [0.15, 0.2) is 11.5 Å². The number of imidazole rings is 1. The highest BCUT2D eigenvalue weighted by Crippen LogP contribution is 2.38. The fourth-order valence-corrected chi connectivity index (χ4v) is 2.79. The van der Waals surface area contributed by atoms with Crippen molar-refractivity contribution in [3.8, 4) is 22.9 Å². The second-order valence-corrected chi connectivity index (χ2v) is 5.71. The molecule has 0 saturated heterocycles. The number of carboxylic acids is 1. The van der Waals surface area contributed by atoms with Crippen molar-refractivity contribution in [2.75, 3.05) is 14.2 Å². The van der Waals surface area contributed by atoms with Gasteiger partial charge in [-0.25, -0.2) is 9.78 Å². The van der Waals surface area contributed by atoms with Crippen molar-refractivity contribution in [3.63, 3.8) is 0 Å². The van der Waals surface area contributed by atoms with E-state index in [-0.39, 0.29) is 11.3 Å². The highest BCUT2D eigenvalue weighted by Gasteiger charge is 2.23. The SMILES string of the molecule is COc1ccc(-c2nc3cc(Cl)c(Cl)cc3[nH]2)c(C(=O)O)c1OC. The maximum Gasteiger partial charge on any atom is 0.340 e. The number of rotatable bonds is 4. The average molecular weight is 367 g/mol. The van der Waals surface area contributed by atoms with Gasteiger partial charge in [-0.3, -0.25) is 0 Å². The Bertz CT molecular complexity index is 914. The number of aromatic nitrogens is 2. The van der Waals surface area contributed by atoms with Crippen molar-refractivity contribution in [1.82, 2.24) is 9.97 Å². The molecule has 124 valence electrons. The van der Waals surface area contributed by atoms with Crippen LogP contribution in [0.25, 0.3) is 22.4 Å². The van der Waals surface area contributed by atoms with Crippen LogP contribution in [0.3, 0.4) is 0 Å². The Hall–Kier alpha value is -2.44. The van der Waals surface area contributed by atoms with E-state index in [1.165, 1.54) is 14.2 Å². The predicted octanol–water partition coefficient (Wildman–Crippen LogP) is 4.25. The first-order valence-corrected chi connectivity index (χ1v) is 7.55. The third kappa shape index (κ3) is 2.64. The van der Waals surface area contributed by atoms with Crippen LogP contribution in [0.1, 0.15) is 10.4 Å². The number of halogens is 2. The molecule has 0 aliphatic carbocycles. The van der Waals surface area contributed by atoms with Gasteiger partial charge in [0, 0.05) is 5.56 Å². The number of methoxy groups -OCH3 is 2.